The molecule has 2 aromatic rings. The van der Waals surface area contributed by atoms with E-state index in [2.05, 4.69) is 43.0 Å². The van der Waals surface area contributed by atoms with Gasteiger partial charge in [-0.05, 0) is 86.5 Å². The van der Waals surface area contributed by atoms with Crippen LogP contribution in [0.3, 0.4) is 0 Å². The van der Waals surface area contributed by atoms with E-state index in [9.17, 15) is 19.7 Å². The predicted molar refractivity (Wildman–Crippen MR) is 173 cm³/mol. The van der Waals surface area contributed by atoms with E-state index in [0.29, 0.717) is 30.7 Å². The molecule has 2 amide bonds. The Morgan fingerprint density at radius 1 is 1.04 bits per heavy atom. The maximum Gasteiger partial charge on any atom is 0.455 e. The van der Waals surface area contributed by atoms with E-state index in [1.807, 2.05) is 18.2 Å². The first-order valence-electron chi connectivity index (χ1n) is 17.0. The maximum absolute atomic E-state index is 14.2. The van der Waals surface area contributed by atoms with Crippen molar-refractivity contribution in [3.63, 3.8) is 0 Å². The fourth-order valence-corrected chi connectivity index (χ4v) is 8.29. The number of amides is 2. The van der Waals surface area contributed by atoms with Gasteiger partial charge in [-0.25, -0.2) is 0 Å². The Morgan fingerprint density at radius 3 is 2.51 bits per heavy atom. The zero-order chi connectivity index (χ0) is 31.5. The van der Waals surface area contributed by atoms with Crippen molar-refractivity contribution >= 4 is 25.0 Å². The van der Waals surface area contributed by atoms with Crippen molar-refractivity contribution in [2.75, 3.05) is 13.1 Å². The summed E-state index contributed by atoms with van der Waals surface area (Å²) in [5.41, 5.74) is 4.89. The van der Waals surface area contributed by atoms with E-state index < -0.39 is 13.0 Å². The van der Waals surface area contributed by atoms with Crippen LogP contribution in [0.2, 0.25) is 6.32 Å². The third-order valence-corrected chi connectivity index (χ3v) is 10.4. The second-order valence-electron chi connectivity index (χ2n) is 13.3. The summed E-state index contributed by atoms with van der Waals surface area (Å²) >= 11 is 0. The Balaban J connectivity index is 1.18. The molecule has 0 saturated carbocycles. The first kappa shape index (κ1) is 32.0. The van der Waals surface area contributed by atoms with Gasteiger partial charge in [-0.3, -0.25) is 19.4 Å². The highest BCUT2D eigenvalue weighted by atomic mass is 16.5. The normalized spacial score (nSPS) is 26.5. The number of benzene rings is 1. The lowest BCUT2D eigenvalue weighted by Crippen LogP contribution is -2.48. The number of hydrogen-bond acceptors (Lipinski definition) is 7. The van der Waals surface area contributed by atoms with Crippen molar-refractivity contribution in [3.8, 4) is 0 Å². The fraction of sp³-hybridized carbons (Fsp3) is 0.556. The summed E-state index contributed by atoms with van der Waals surface area (Å²) in [7, 11) is -0.963. The van der Waals surface area contributed by atoms with Crippen LogP contribution in [0.1, 0.15) is 82.3 Å². The molecule has 3 aliphatic heterocycles. The fourth-order valence-electron chi connectivity index (χ4n) is 8.29. The van der Waals surface area contributed by atoms with E-state index in [1.54, 1.807) is 11.0 Å². The largest absolute Gasteiger partial charge is 0.459 e. The number of rotatable bonds is 11. The quantitative estimate of drug-likeness (QED) is 0.193. The molecule has 1 aliphatic carbocycles. The molecular weight excluding hydrogens is 567 g/mol. The van der Waals surface area contributed by atoms with Crippen molar-refractivity contribution < 1.29 is 28.8 Å². The minimum Gasteiger partial charge on any atom is -0.459 e. The van der Waals surface area contributed by atoms with Gasteiger partial charge in [-0.1, -0.05) is 61.7 Å². The van der Waals surface area contributed by atoms with Crippen molar-refractivity contribution in [2.45, 2.75) is 96.8 Å². The van der Waals surface area contributed by atoms with E-state index in [4.69, 9.17) is 9.07 Å². The topological polar surface area (TPSA) is 103 Å². The van der Waals surface area contributed by atoms with Crippen LogP contribution in [-0.2, 0) is 27.4 Å². The molecule has 0 radical (unpaired) electrons. The Kier molecular flexibility index (Phi) is 10.1. The first-order chi connectivity index (χ1) is 21.9. The molecule has 4 heterocycles. The molecule has 3 saturated heterocycles. The van der Waals surface area contributed by atoms with Gasteiger partial charge in [0, 0.05) is 25.7 Å². The molecule has 2 N–H and O–H groups in total. The second kappa shape index (κ2) is 14.2. The Labute approximate surface area is 267 Å². The molecule has 45 heavy (non-hydrogen) atoms. The minimum atomic E-state index is -0.963. The van der Waals surface area contributed by atoms with E-state index in [0.717, 1.165) is 58.2 Å². The Morgan fingerprint density at radius 2 is 1.82 bits per heavy atom. The summed E-state index contributed by atoms with van der Waals surface area (Å²) < 4.78 is 11.9. The van der Waals surface area contributed by atoms with Crippen molar-refractivity contribution in [1.29, 1.82) is 0 Å². The number of carbonyl (C=O) groups excluding carboxylic acids is 2. The summed E-state index contributed by atoms with van der Waals surface area (Å²) in [5, 5.41) is 20.3. The predicted octanol–water partition coefficient (Wildman–Crippen LogP) is 5.61. The van der Waals surface area contributed by atoms with Gasteiger partial charge in [0.1, 0.15) is 18.1 Å². The van der Waals surface area contributed by atoms with Gasteiger partial charge < -0.3 is 19.2 Å². The van der Waals surface area contributed by atoms with Crippen LogP contribution in [0.5, 0.6) is 0 Å². The molecule has 240 valence electrons. The molecule has 4 atom stereocenters. The van der Waals surface area contributed by atoms with Gasteiger partial charge in [0.05, 0.1) is 17.9 Å². The number of imide groups is 1. The van der Waals surface area contributed by atoms with Crippen molar-refractivity contribution in [2.24, 2.45) is 17.8 Å². The van der Waals surface area contributed by atoms with Crippen LogP contribution < -0.4 is 0 Å². The zero-order valence-corrected chi connectivity index (χ0v) is 26.7. The van der Waals surface area contributed by atoms with Crippen LogP contribution >= 0.6 is 0 Å². The van der Waals surface area contributed by atoms with Crippen molar-refractivity contribution in [1.82, 2.24) is 9.80 Å². The molecule has 3 fully saturated rings. The van der Waals surface area contributed by atoms with Crippen molar-refractivity contribution in [3.05, 3.63) is 76.3 Å². The lowest BCUT2D eigenvalue weighted by Gasteiger charge is -2.43. The van der Waals surface area contributed by atoms with E-state index in [-0.39, 0.29) is 42.4 Å². The number of aliphatic hydroxyl groups is 1. The summed E-state index contributed by atoms with van der Waals surface area (Å²) in [6, 6.07) is 14.0. The first-order valence-corrected chi connectivity index (χ1v) is 17.0. The summed E-state index contributed by atoms with van der Waals surface area (Å²) in [6.45, 7) is 6.74. The summed E-state index contributed by atoms with van der Waals surface area (Å²) in [5.74, 6) is 0.268. The summed E-state index contributed by atoms with van der Waals surface area (Å²) in [4.78, 5) is 32.3. The van der Waals surface area contributed by atoms with Crippen LogP contribution in [0.4, 0.5) is 0 Å². The molecule has 8 nitrogen and oxygen atoms in total. The van der Waals surface area contributed by atoms with Gasteiger partial charge in [-0.15, -0.1) is 0 Å². The molecule has 0 bridgehead atoms. The zero-order valence-electron chi connectivity index (χ0n) is 26.7. The number of carbonyl (C=O) groups is 2. The molecule has 1 aromatic carbocycles. The molecule has 6 rings (SSSR count). The lowest BCUT2D eigenvalue weighted by molar-refractivity contribution is -0.144. The third kappa shape index (κ3) is 6.78. The van der Waals surface area contributed by atoms with Gasteiger partial charge in [0.2, 0.25) is 11.8 Å². The van der Waals surface area contributed by atoms with Crippen LogP contribution in [0, 0.1) is 17.8 Å². The SMILES string of the molecule is CCCC1=C2[C@@H](CC/C(=C/c3ccc(CO)o3)CC)OB(O)C[C@@H]2[C@@H]2C(=O)N(C3CCN(Cc4ccccc4)CC3)C(=O)[C@@H]2C1. The highest BCUT2D eigenvalue weighted by molar-refractivity contribution is 6.43. The van der Waals surface area contributed by atoms with Crippen LogP contribution in [0.15, 0.2) is 63.6 Å². The smallest absolute Gasteiger partial charge is 0.455 e. The van der Waals surface area contributed by atoms with Crippen LogP contribution in [-0.4, -0.2) is 64.1 Å². The highest BCUT2D eigenvalue weighted by Gasteiger charge is 2.58. The third-order valence-electron chi connectivity index (χ3n) is 10.4. The molecule has 4 aliphatic rings. The number of piperidine rings is 1. The number of allylic oxidation sites excluding steroid dienone is 2. The number of furan rings is 1. The monoisotopic (exact) mass is 614 g/mol. The van der Waals surface area contributed by atoms with E-state index >= 15 is 0 Å². The number of fused-ring (bicyclic) bond motifs is 3. The Bertz CT molecular complexity index is 1410. The standard InChI is InChI=1S/C36H47BN2O6/c1-3-8-26-20-30-34(36(42)39(35(30)41)27-15-17-38(18-16-27)22-25-9-6-5-7-10-25)31-21-37(43)45-32(33(26)31)14-11-24(4-2)19-28-12-13-29(23-40)44-28/h5-7,9-10,12-13,19,27,30-32,34,40,43H,3-4,8,11,14-18,20-23H2,1-2H3/b24-19+/t30-,31+,32-,34-/m1/s1. The van der Waals surface area contributed by atoms with Gasteiger partial charge >= 0.3 is 7.12 Å². The lowest BCUT2D eigenvalue weighted by atomic mass is 9.58. The average molecular weight is 615 g/mol. The molecule has 1 aromatic heterocycles. The molecule has 9 heteroatoms. The number of likely N-dealkylation sites (tertiary alicyclic amines) is 2. The maximum atomic E-state index is 14.2. The summed E-state index contributed by atoms with van der Waals surface area (Å²) in [6.07, 6.45) is 8.41. The van der Waals surface area contributed by atoms with Gasteiger partial charge in [0.15, 0.2) is 0 Å². The average Bonchev–Trinajstić information content (AvgIpc) is 3.61. The minimum absolute atomic E-state index is 0.00593. The second-order valence-corrected chi connectivity index (χ2v) is 13.3. The highest BCUT2D eigenvalue weighted by Crippen LogP contribution is 2.52. The molecular formula is C36H47BN2O6. The van der Waals surface area contributed by atoms with Gasteiger partial charge in [-0.2, -0.15) is 0 Å². The van der Waals surface area contributed by atoms with E-state index in [1.165, 1.54) is 22.3 Å². The number of aliphatic hydroxyl groups excluding tert-OH is 1. The Hall–Kier alpha value is -2.98. The molecule has 0 spiro atoms. The number of nitrogens with zero attached hydrogens (tertiary/aromatic N) is 2. The van der Waals surface area contributed by atoms with Gasteiger partial charge in [0.25, 0.3) is 0 Å². The number of hydrogen-bond donors (Lipinski definition) is 2. The van der Waals surface area contributed by atoms with Crippen LogP contribution in [0.25, 0.3) is 6.08 Å². The molecule has 0 unspecified atom stereocenters.